The highest BCUT2D eigenvalue weighted by atomic mass is 32.1. The number of nitrogens with zero attached hydrogens (tertiary/aromatic N) is 4. The molecule has 1 N–H and O–H groups in total. The summed E-state index contributed by atoms with van der Waals surface area (Å²) in [5.41, 5.74) is 2.23. The molecule has 0 aromatic carbocycles. The van der Waals surface area contributed by atoms with Crippen LogP contribution >= 0.6 is 11.3 Å². The number of hydrogen-bond donors (Lipinski definition) is 1. The quantitative estimate of drug-likeness (QED) is 0.757. The molecule has 3 rings (SSSR count). The predicted molar refractivity (Wildman–Crippen MR) is 67.2 cm³/mol. The maximum absolute atomic E-state index is 4.53. The minimum Gasteiger partial charge on any atom is -0.316 e. The number of fused-ring (bicyclic) bond motifs is 1. The molecule has 17 heavy (non-hydrogen) atoms. The number of hydrogen-bond acceptors (Lipinski definition) is 4. The lowest BCUT2D eigenvalue weighted by molar-refractivity contribution is 0.674. The smallest absolute Gasteiger partial charge is 0.193 e. The summed E-state index contributed by atoms with van der Waals surface area (Å²) in [4.78, 5) is 5.56. The molecule has 0 spiro atoms. The minimum absolute atomic E-state index is 0.720. The van der Waals surface area contributed by atoms with Crippen molar-refractivity contribution in [2.45, 2.75) is 13.1 Å². The molecule has 0 bridgehead atoms. The molecule has 0 fully saturated rings. The van der Waals surface area contributed by atoms with Crippen LogP contribution in [0.3, 0.4) is 0 Å². The summed E-state index contributed by atoms with van der Waals surface area (Å²) < 4.78 is 3.96. The fourth-order valence-corrected chi connectivity index (χ4v) is 2.53. The molecule has 6 heteroatoms. The standard InChI is InChI=1S/C11H13N5S/c1-12-4-9-5-13-16(6-9)8-10-7-15-2-3-17-11(15)14-10/h2-3,5-7,12H,4,8H2,1H3. The van der Waals surface area contributed by atoms with Crippen molar-refractivity contribution in [2.24, 2.45) is 0 Å². The van der Waals surface area contributed by atoms with Gasteiger partial charge < -0.3 is 5.32 Å². The van der Waals surface area contributed by atoms with Crippen LogP contribution in [-0.2, 0) is 13.1 Å². The number of rotatable bonds is 4. The first-order valence-corrected chi connectivity index (χ1v) is 6.30. The second kappa shape index (κ2) is 4.31. The van der Waals surface area contributed by atoms with E-state index in [0.717, 1.165) is 23.7 Å². The third-order valence-electron chi connectivity index (χ3n) is 2.53. The molecule has 0 unspecified atom stereocenters. The fraction of sp³-hybridized carbons (Fsp3) is 0.273. The van der Waals surface area contributed by atoms with Gasteiger partial charge in [-0.05, 0) is 7.05 Å². The van der Waals surface area contributed by atoms with Gasteiger partial charge in [0.2, 0.25) is 0 Å². The van der Waals surface area contributed by atoms with Gasteiger partial charge >= 0.3 is 0 Å². The van der Waals surface area contributed by atoms with Gasteiger partial charge in [0.15, 0.2) is 4.96 Å². The van der Waals surface area contributed by atoms with Crippen molar-refractivity contribution in [3.63, 3.8) is 0 Å². The van der Waals surface area contributed by atoms with Gasteiger partial charge in [0.25, 0.3) is 0 Å². The Hall–Kier alpha value is -1.66. The van der Waals surface area contributed by atoms with E-state index < -0.39 is 0 Å². The average molecular weight is 247 g/mol. The molecule has 0 amide bonds. The van der Waals surface area contributed by atoms with Gasteiger partial charge in [0.05, 0.1) is 18.4 Å². The normalized spacial score (nSPS) is 11.4. The molecule has 3 heterocycles. The highest BCUT2D eigenvalue weighted by Crippen LogP contribution is 2.12. The van der Waals surface area contributed by atoms with Gasteiger partial charge in [-0.25, -0.2) is 4.98 Å². The fourth-order valence-electron chi connectivity index (χ4n) is 1.81. The van der Waals surface area contributed by atoms with E-state index in [1.165, 1.54) is 5.56 Å². The van der Waals surface area contributed by atoms with Crippen LogP contribution in [0.4, 0.5) is 0 Å². The highest BCUT2D eigenvalue weighted by Gasteiger charge is 2.04. The Labute approximate surface area is 103 Å². The lowest BCUT2D eigenvalue weighted by atomic mass is 10.4. The molecule has 3 aromatic rings. The van der Waals surface area contributed by atoms with Crippen molar-refractivity contribution in [3.05, 3.63) is 41.4 Å². The van der Waals surface area contributed by atoms with Gasteiger partial charge in [-0.1, -0.05) is 0 Å². The molecule has 0 saturated carbocycles. The maximum atomic E-state index is 4.53. The Morgan fingerprint density at radius 2 is 2.35 bits per heavy atom. The van der Waals surface area contributed by atoms with Gasteiger partial charge in [-0.15, -0.1) is 11.3 Å². The van der Waals surface area contributed by atoms with Crippen molar-refractivity contribution in [1.29, 1.82) is 0 Å². The third-order valence-corrected chi connectivity index (χ3v) is 3.31. The molecule has 3 aromatic heterocycles. The summed E-state index contributed by atoms with van der Waals surface area (Å²) in [5, 5.41) is 9.46. The summed E-state index contributed by atoms with van der Waals surface area (Å²) in [6, 6.07) is 0. The van der Waals surface area contributed by atoms with Crippen LogP contribution in [0.15, 0.2) is 30.2 Å². The van der Waals surface area contributed by atoms with Gasteiger partial charge in [0, 0.05) is 36.1 Å². The van der Waals surface area contributed by atoms with Crippen LogP contribution in [0.1, 0.15) is 11.3 Å². The molecular weight excluding hydrogens is 234 g/mol. The Balaban J connectivity index is 1.79. The first kappa shape index (κ1) is 10.5. The van der Waals surface area contributed by atoms with E-state index in [0.29, 0.717) is 0 Å². The van der Waals surface area contributed by atoms with Crippen LogP contribution < -0.4 is 5.32 Å². The second-order valence-electron chi connectivity index (χ2n) is 3.90. The Morgan fingerprint density at radius 3 is 3.18 bits per heavy atom. The minimum atomic E-state index is 0.720. The summed E-state index contributed by atoms with van der Waals surface area (Å²) in [6.45, 7) is 1.57. The van der Waals surface area contributed by atoms with Crippen LogP contribution in [0.2, 0.25) is 0 Å². The van der Waals surface area contributed by atoms with Gasteiger partial charge in [0.1, 0.15) is 0 Å². The second-order valence-corrected chi connectivity index (χ2v) is 4.77. The summed E-state index contributed by atoms with van der Waals surface area (Å²) in [5.74, 6) is 0. The van der Waals surface area contributed by atoms with Crippen LogP contribution in [0.5, 0.6) is 0 Å². The van der Waals surface area contributed by atoms with E-state index >= 15 is 0 Å². The summed E-state index contributed by atoms with van der Waals surface area (Å²) in [7, 11) is 1.93. The molecule has 88 valence electrons. The van der Waals surface area contributed by atoms with Crippen molar-refractivity contribution in [2.75, 3.05) is 7.05 Å². The molecule has 0 radical (unpaired) electrons. The predicted octanol–water partition coefficient (Wildman–Crippen LogP) is 1.36. The Bertz CT molecular complexity index is 592. The van der Waals surface area contributed by atoms with Crippen molar-refractivity contribution in [1.82, 2.24) is 24.5 Å². The van der Waals surface area contributed by atoms with Gasteiger partial charge in [-0.2, -0.15) is 5.10 Å². The molecule has 0 saturated heterocycles. The number of imidazole rings is 1. The zero-order chi connectivity index (χ0) is 11.7. The van der Waals surface area contributed by atoms with Crippen molar-refractivity contribution >= 4 is 16.3 Å². The zero-order valence-corrected chi connectivity index (χ0v) is 10.3. The molecule has 0 atom stereocenters. The molecule has 0 aliphatic heterocycles. The van der Waals surface area contributed by atoms with E-state index in [4.69, 9.17) is 0 Å². The molecule has 0 aliphatic rings. The van der Waals surface area contributed by atoms with Crippen molar-refractivity contribution < 1.29 is 0 Å². The summed E-state index contributed by atoms with van der Waals surface area (Å²) in [6.07, 6.45) is 8.00. The van der Waals surface area contributed by atoms with Crippen molar-refractivity contribution in [3.8, 4) is 0 Å². The van der Waals surface area contributed by atoms with Gasteiger partial charge in [-0.3, -0.25) is 9.08 Å². The Morgan fingerprint density at radius 1 is 1.41 bits per heavy atom. The Kier molecular flexibility index (Phi) is 2.66. The first-order chi connectivity index (χ1) is 8.35. The molecular formula is C11H13N5S. The third kappa shape index (κ3) is 2.09. The topological polar surface area (TPSA) is 47.2 Å². The van der Waals surface area contributed by atoms with E-state index in [2.05, 4.69) is 15.4 Å². The molecule has 5 nitrogen and oxygen atoms in total. The maximum Gasteiger partial charge on any atom is 0.193 e. The van der Waals surface area contributed by atoms with E-state index in [9.17, 15) is 0 Å². The number of nitrogens with one attached hydrogen (secondary N) is 1. The first-order valence-electron chi connectivity index (χ1n) is 5.42. The monoisotopic (exact) mass is 247 g/mol. The summed E-state index contributed by atoms with van der Waals surface area (Å²) >= 11 is 1.64. The highest BCUT2D eigenvalue weighted by molar-refractivity contribution is 7.15. The van der Waals surface area contributed by atoms with Crippen LogP contribution in [0.25, 0.3) is 4.96 Å². The largest absolute Gasteiger partial charge is 0.316 e. The zero-order valence-electron chi connectivity index (χ0n) is 9.50. The SMILES string of the molecule is CNCc1cnn(Cc2cn3ccsc3n2)c1. The van der Waals surface area contributed by atoms with E-state index in [1.54, 1.807) is 11.3 Å². The van der Waals surface area contributed by atoms with E-state index in [-0.39, 0.29) is 0 Å². The number of thiazole rings is 1. The van der Waals surface area contributed by atoms with Crippen LogP contribution in [-0.4, -0.2) is 26.2 Å². The van der Waals surface area contributed by atoms with Crippen LogP contribution in [0, 0.1) is 0 Å². The van der Waals surface area contributed by atoms with E-state index in [1.807, 2.05) is 46.3 Å². The lowest BCUT2D eigenvalue weighted by Gasteiger charge is -1.96. The molecule has 0 aliphatic carbocycles. The number of aromatic nitrogens is 4. The lowest BCUT2D eigenvalue weighted by Crippen LogP contribution is -2.04. The average Bonchev–Trinajstić information content (AvgIpc) is 2.95.